The molecule has 0 amide bonds. The van der Waals surface area contributed by atoms with Crippen LogP contribution in [0.15, 0.2) is 221 Å². The number of nitrogens with zero attached hydrogens (tertiary/aromatic N) is 1. The molecule has 0 bridgehead atoms. The summed E-state index contributed by atoms with van der Waals surface area (Å²) in [5, 5.41) is 6.81. The molecule has 0 fully saturated rings. The predicted molar refractivity (Wildman–Crippen MR) is 292 cm³/mol. The Balaban J connectivity index is 1.15. The van der Waals surface area contributed by atoms with Crippen LogP contribution >= 0.6 is 0 Å². The van der Waals surface area contributed by atoms with Crippen molar-refractivity contribution in [2.45, 2.75) is 52.4 Å². The van der Waals surface area contributed by atoms with Gasteiger partial charge in [0.1, 0.15) is 22.3 Å². The van der Waals surface area contributed by atoms with E-state index in [1.807, 2.05) is 12.1 Å². The van der Waals surface area contributed by atoms with E-state index in [9.17, 15) is 0 Å². The number of benzene rings is 10. The fourth-order valence-corrected chi connectivity index (χ4v) is 10.5. The summed E-state index contributed by atoms with van der Waals surface area (Å²) in [4.78, 5) is 2.47. The molecule has 10 aromatic carbocycles. The minimum atomic E-state index is -0.0310. The van der Waals surface area contributed by atoms with Gasteiger partial charge in [0.2, 0.25) is 0 Å². The molecule has 0 aliphatic heterocycles. The summed E-state index contributed by atoms with van der Waals surface area (Å²) in [7, 11) is 0. The van der Waals surface area contributed by atoms with Gasteiger partial charge in [-0.15, -0.1) is 0 Å². The average molecular weight is 892 g/mol. The lowest BCUT2D eigenvalue weighted by atomic mass is 9.78. The second-order valence-corrected chi connectivity index (χ2v) is 20.5. The first-order valence-corrected chi connectivity index (χ1v) is 24.1. The SMILES string of the molecule is CC(C)(C)c1cc(-c2cccc3cccc(-c4ccccc4N(c4ccccc4-c4cccc5c4oc4ccccc45)c4ccccc4-c4cccc5c4oc4ccccc45)c23)cc(C(C)(C)C)c1. The maximum absolute atomic E-state index is 6.78. The average Bonchev–Trinajstić information content (AvgIpc) is 3.95. The van der Waals surface area contributed by atoms with Crippen molar-refractivity contribution in [3.8, 4) is 44.5 Å². The molecule has 12 aromatic rings. The van der Waals surface area contributed by atoms with Gasteiger partial charge in [-0.05, 0) is 79.8 Å². The van der Waals surface area contributed by atoms with Gasteiger partial charge in [0.25, 0.3) is 0 Å². The molecule has 3 nitrogen and oxygen atoms in total. The van der Waals surface area contributed by atoms with Crippen molar-refractivity contribution in [2.24, 2.45) is 0 Å². The second kappa shape index (κ2) is 16.3. The van der Waals surface area contributed by atoms with Crippen LogP contribution in [0.3, 0.4) is 0 Å². The van der Waals surface area contributed by atoms with E-state index < -0.39 is 0 Å². The summed E-state index contributed by atoms with van der Waals surface area (Å²) in [6, 6.07) is 77.0. The van der Waals surface area contributed by atoms with E-state index in [4.69, 9.17) is 8.83 Å². The van der Waals surface area contributed by atoms with Gasteiger partial charge in [-0.3, -0.25) is 0 Å². The monoisotopic (exact) mass is 891 g/mol. The Morgan fingerprint density at radius 1 is 0.319 bits per heavy atom. The summed E-state index contributed by atoms with van der Waals surface area (Å²) < 4.78 is 13.6. The molecular weight excluding hydrogens is 839 g/mol. The van der Waals surface area contributed by atoms with E-state index in [1.165, 1.54) is 33.0 Å². The Morgan fingerprint density at radius 3 is 1.16 bits per heavy atom. The molecule has 0 saturated carbocycles. The van der Waals surface area contributed by atoms with Gasteiger partial charge in [-0.25, -0.2) is 0 Å². The maximum atomic E-state index is 6.78. The summed E-state index contributed by atoms with van der Waals surface area (Å²) in [5.74, 6) is 0. The Kier molecular flexibility index (Phi) is 9.97. The molecule has 69 heavy (non-hydrogen) atoms. The molecule has 0 N–H and O–H groups in total. The number of anilines is 3. The van der Waals surface area contributed by atoms with Gasteiger partial charge in [0.15, 0.2) is 0 Å². The lowest BCUT2D eigenvalue weighted by molar-refractivity contribution is 0.569. The lowest BCUT2D eigenvalue weighted by Gasteiger charge is -2.32. The first-order valence-electron chi connectivity index (χ1n) is 24.1. The molecule has 2 aromatic heterocycles. The molecule has 0 aliphatic rings. The van der Waals surface area contributed by atoms with Crippen molar-refractivity contribution in [2.75, 3.05) is 4.90 Å². The molecule has 3 heteroatoms. The smallest absolute Gasteiger partial charge is 0.143 e. The number of fused-ring (bicyclic) bond motifs is 7. The highest BCUT2D eigenvalue weighted by atomic mass is 16.3. The van der Waals surface area contributed by atoms with Crippen LogP contribution in [0.4, 0.5) is 17.1 Å². The highest BCUT2D eigenvalue weighted by Crippen LogP contribution is 2.51. The van der Waals surface area contributed by atoms with Crippen molar-refractivity contribution >= 4 is 71.7 Å². The van der Waals surface area contributed by atoms with Crippen molar-refractivity contribution < 1.29 is 8.83 Å². The van der Waals surface area contributed by atoms with Gasteiger partial charge >= 0.3 is 0 Å². The summed E-state index contributed by atoms with van der Waals surface area (Å²) in [6.45, 7) is 13.9. The molecule has 0 saturated heterocycles. The van der Waals surface area contributed by atoms with Crippen LogP contribution in [0, 0.1) is 0 Å². The van der Waals surface area contributed by atoms with Gasteiger partial charge < -0.3 is 13.7 Å². The zero-order valence-electron chi connectivity index (χ0n) is 40.0. The highest BCUT2D eigenvalue weighted by Gasteiger charge is 2.27. The summed E-state index contributed by atoms with van der Waals surface area (Å²) in [5.41, 5.74) is 18.1. The Hall–Kier alpha value is -8.14. The maximum Gasteiger partial charge on any atom is 0.143 e. The van der Waals surface area contributed by atoms with Crippen LogP contribution in [-0.4, -0.2) is 0 Å². The molecule has 12 rings (SSSR count). The Morgan fingerprint density at radius 2 is 0.681 bits per heavy atom. The zero-order chi connectivity index (χ0) is 47.0. The second-order valence-electron chi connectivity index (χ2n) is 20.5. The molecule has 0 atom stereocenters. The lowest BCUT2D eigenvalue weighted by Crippen LogP contribution is -2.16. The van der Waals surface area contributed by atoms with Gasteiger partial charge in [-0.1, -0.05) is 224 Å². The first kappa shape index (κ1) is 42.2. The van der Waals surface area contributed by atoms with Crippen LogP contribution in [0.1, 0.15) is 52.7 Å². The predicted octanol–water partition coefficient (Wildman–Crippen LogP) is 19.4. The zero-order valence-corrected chi connectivity index (χ0v) is 40.0. The fourth-order valence-electron chi connectivity index (χ4n) is 10.5. The molecule has 0 unspecified atom stereocenters. The van der Waals surface area contributed by atoms with Gasteiger partial charge in [-0.2, -0.15) is 0 Å². The standard InChI is InChI=1S/C66H53NO2/c1-65(2,3)44-39-43(40-45(41-44)66(4,5)6)46-28-17-21-42-22-18-29-52(62(42)46)47-23-7-12-34-57(47)67(58-35-13-8-24-48(58)53-30-19-32-55-50-26-10-15-37-60(50)68-63(53)55)59-36-14-9-25-49(59)54-31-20-33-56-51-27-11-16-38-61(51)69-64(54)56/h7-41H,1-6H3. The number of rotatable bonds is 7. The molecule has 0 spiro atoms. The molecule has 334 valence electrons. The van der Waals surface area contributed by atoms with E-state index in [1.54, 1.807) is 0 Å². The summed E-state index contributed by atoms with van der Waals surface area (Å²) in [6.07, 6.45) is 0. The third kappa shape index (κ3) is 7.20. The number of furan rings is 2. The number of para-hydroxylation sites is 7. The van der Waals surface area contributed by atoms with E-state index in [0.717, 1.165) is 94.3 Å². The van der Waals surface area contributed by atoms with Crippen LogP contribution < -0.4 is 4.90 Å². The molecule has 0 aliphatic carbocycles. The molecular formula is C66H53NO2. The normalized spacial score (nSPS) is 12.2. The van der Waals surface area contributed by atoms with Crippen LogP contribution in [0.2, 0.25) is 0 Å². The topological polar surface area (TPSA) is 29.5 Å². The Labute approximate surface area is 403 Å². The third-order valence-electron chi connectivity index (χ3n) is 14.0. The van der Waals surface area contributed by atoms with E-state index >= 15 is 0 Å². The summed E-state index contributed by atoms with van der Waals surface area (Å²) >= 11 is 0. The van der Waals surface area contributed by atoms with Crippen LogP contribution in [-0.2, 0) is 10.8 Å². The van der Waals surface area contributed by atoms with E-state index in [-0.39, 0.29) is 10.8 Å². The third-order valence-corrected chi connectivity index (χ3v) is 14.0. The fraction of sp³-hybridized carbons (Fsp3) is 0.121. The minimum Gasteiger partial charge on any atom is -0.455 e. The largest absolute Gasteiger partial charge is 0.455 e. The Bertz CT molecular complexity index is 3750. The minimum absolute atomic E-state index is 0.0310. The highest BCUT2D eigenvalue weighted by molar-refractivity contribution is 6.14. The first-order chi connectivity index (χ1) is 33.5. The van der Waals surface area contributed by atoms with E-state index in [2.05, 4.69) is 247 Å². The van der Waals surface area contributed by atoms with Crippen molar-refractivity contribution in [1.29, 1.82) is 0 Å². The van der Waals surface area contributed by atoms with E-state index in [0.29, 0.717) is 0 Å². The van der Waals surface area contributed by atoms with Crippen molar-refractivity contribution in [3.63, 3.8) is 0 Å². The molecule has 0 radical (unpaired) electrons. The van der Waals surface area contributed by atoms with Gasteiger partial charge in [0, 0.05) is 49.4 Å². The van der Waals surface area contributed by atoms with Crippen molar-refractivity contribution in [1.82, 2.24) is 0 Å². The quantitative estimate of drug-likeness (QED) is 0.160. The van der Waals surface area contributed by atoms with Crippen LogP contribution in [0.25, 0.3) is 99.2 Å². The molecule has 2 heterocycles. The number of hydrogen-bond acceptors (Lipinski definition) is 3. The van der Waals surface area contributed by atoms with Crippen molar-refractivity contribution in [3.05, 3.63) is 223 Å². The number of hydrogen-bond donors (Lipinski definition) is 0. The van der Waals surface area contributed by atoms with Crippen LogP contribution in [0.5, 0.6) is 0 Å². The van der Waals surface area contributed by atoms with Gasteiger partial charge in [0.05, 0.1) is 17.1 Å².